The minimum Gasteiger partial charge on any atom is -0.508 e. The number of carbonyl (C=O) groups excluding carboxylic acids is 1. The maximum atomic E-state index is 12.5. The normalized spacial score (nSPS) is 12.3. The highest BCUT2D eigenvalue weighted by atomic mass is 19.4. The van der Waals surface area contributed by atoms with Gasteiger partial charge in [-0.15, -0.1) is 0 Å². The number of alkyl halides is 5. The molecule has 0 aliphatic rings. The molecule has 0 atom stereocenters. The van der Waals surface area contributed by atoms with E-state index in [0.717, 1.165) is 0 Å². The Morgan fingerprint density at radius 3 is 2.11 bits per heavy atom. The smallest absolute Gasteiger partial charge is 0.463 e. The number of nitrogens with one attached hydrogen (secondary N) is 1. The van der Waals surface area contributed by atoms with Crippen LogP contribution in [-0.4, -0.2) is 29.7 Å². The molecule has 0 bridgehead atoms. The molecule has 3 nitrogen and oxygen atoms in total. The molecule has 0 saturated carbocycles. The zero-order chi connectivity index (χ0) is 14.7. The lowest BCUT2D eigenvalue weighted by atomic mass is 10.1. The molecule has 0 fully saturated rings. The number of benzene rings is 1. The van der Waals surface area contributed by atoms with E-state index in [1.165, 1.54) is 29.6 Å². The van der Waals surface area contributed by atoms with Crippen molar-refractivity contribution in [2.24, 2.45) is 0 Å². The molecule has 0 aliphatic heterocycles. The Bertz CT molecular complexity index is 441. The predicted octanol–water partition coefficient (Wildman–Crippen LogP) is 2.25. The summed E-state index contributed by atoms with van der Waals surface area (Å²) >= 11 is 0. The molecule has 8 heteroatoms. The van der Waals surface area contributed by atoms with E-state index in [0.29, 0.717) is 5.56 Å². The molecule has 0 heterocycles. The fraction of sp³-hybridized carbons (Fsp3) is 0.364. The summed E-state index contributed by atoms with van der Waals surface area (Å²) in [7, 11) is 0. The van der Waals surface area contributed by atoms with Crippen molar-refractivity contribution in [3.05, 3.63) is 29.8 Å². The van der Waals surface area contributed by atoms with Crippen LogP contribution in [0.1, 0.15) is 5.56 Å². The first kappa shape index (κ1) is 15.2. The first-order valence-electron chi connectivity index (χ1n) is 5.15. The highest BCUT2D eigenvalue weighted by Crippen LogP contribution is 2.35. The lowest BCUT2D eigenvalue weighted by molar-refractivity contribution is -0.269. The SMILES string of the molecule is O=C(NCCc1ccc(O)cc1)C(F)(F)C(F)(F)F. The van der Waals surface area contributed by atoms with E-state index in [9.17, 15) is 26.7 Å². The van der Waals surface area contributed by atoms with Crippen LogP contribution in [0.25, 0.3) is 0 Å². The minimum absolute atomic E-state index is 0.00334. The third kappa shape index (κ3) is 3.80. The summed E-state index contributed by atoms with van der Waals surface area (Å²) in [6, 6.07) is 5.59. The van der Waals surface area contributed by atoms with Crippen molar-refractivity contribution >= 4 is 5.91 Å². The number of hydrogen-bond donors (Lipinski definition) is 2. The van der Waals surface area contributed by atoms with Crippen LogP contribution in [-0.2, 0) is 11.2 Å². The Labute approximate surface area is 105 Å². The van der Waals surface area contributed by atoms with Gasteiger partial charge in [-0.3, -0.25) is 4.79 Å². The number of rotatable bonds is 4. The Kier molecular flexibility index (Phi) is 4.33. The van der Waals surface area contributed by atoms with E-state index in [1.807, 2.05) is 0 Å². The second-order valence-corrected chi connectivity index (χ2v) is 3.74. The van der Waals surface area contributed by atoms with Crippen molar-refractivity contribution in [2.75, 3.05) is 6.54 Å². The molecule has 2 N–H and O–H groups in total. The van der Waals surface area contributed by atoms with Gasteiger partial charge in [0.2, 0.25) is 0 Å². The van der Waals surface area contributed by atoms with E-state index in [-0.39, 0.29) is 18.7 Å². The summed E-state index contributed by atoms with van der Waals surface area (Å²) in [6.07, 6.45) is -5.84. The molecular weight excluding hydrogens is 273 g/mol. The third-order valence-electron chi connectivity index (χ3n) is 2.28. The average Bonchev–Trinajstić information content (AvgIpc) is 2.30. The Hall–Kier alpha value is -1.86. The van der Waals surface area contributed by atoms with Crippen molar-refractivity contribution in [2.45, 2.75) is 18.5 Å². The van der Waals surface area contributed by atoms with Crippen molar-refractivity contribution in [1.29, 1.82) is 0 Å². The summed E-state index contributed by atoms with van der Waals surface area (Å²) in [5.41, 5.74) is 0.577. The number of halogens is 5. The molecule has 1 aromatic carbocycles. The van der Waals surface area contributed by atoms with E-state index < -0.39 is 18.0 Å². The molecule has 19 heavy (non-hydrogen) atoms. The van der Waals surface area contributed by atoms with Gasteiger partial charge in [0.05, 0.1) is 0 Å². The Balaban J connectivity index is 2.49. The molecule has 1 aromatic rings. The number of amides is 1. The zero-order valence-corrected chi connectivity index (χ0v) is 9.47. The van der Waals surface area contributed by atoms with Crippen molar-refractivity contribution in [3.8, 4) is 5.75 Å². The van der Waals surface area contributed by atoms with Crippen LogP contribution in [0, 0.1) is 0 Å². The number of phenolic OH excluding ortho intramolecular Hbond substituents is 1. The zero-order valence-electron chi connectivity index (χ0n) is 9.47. The fourth-order valence-electron chi connectivity index (χ4n) is 1.22. The monoisotopic (exact) mass is 283 g/mol. The van der Waals surface area contributed by atoms with Gasteiger partial charge in [0.1, 0.15) is 5.75 Å². The first-order chi connectivity index (χ1) is 8.64. The molecule has 0 radical (unpaired) electrons. The maximum absolute atomic E-state index is 12.5. The molecular formula is C11H10F5NO2. The summed E-state index contributed by atoms with van der Waals surface area (Å²) in [5, 5.41) is 10.5. The van der Waals surface area contributed by atoms with Crippen LogP contribution in [0.4, 0.5) is 22.0 Å². The molecule has 0 saturated heterocycles. The van der Waals surface area contributed by atoms with E-state index in [1.54, 1.807) is 0 Å². The topological polar surface area (TPSA) is 49.3 Å². The fourth-order valence-corrected chi connectivity index (χ4v) is 1.22. The van der Waals surface area contributed by atoms with E-state index >= 15 is 0 Å². The van der Waals surface area contributed by atoms with Gasteiger partial charge in [-0.05, 0) is 24.1 Å². The maximum Gasteiger partial charge on any atom is 0.463 e. The molecule has 106 valence electrons. The largest absolute Gasteiger partial charge is 0.508 e. The van der Waals surface area contributed by atoms with Crippen molar-refractivity contribution in [1.82, 2.24) is 5.32 Å². The number of carbonyl (C=O) groups is 1. The van der Waals surface area contributed by atoms with Crippen LogP contribution in [0.15, 0.2) is 24.3 Å². The van der Waals surface area contributed by atoms with Crippen LogP contribution < -0.4 is 5.32 Å². The summed E-state index contributed by atoms with van der Waals surface area (Å²) in [6.45, 7) is -0.366. The standard InChI is InChI=1S/C11H10F5NO2/c12-10(13,11(14,15)16)9(19)17-6-5-7-1-3-8(18)4-2-7/h1-4,18H,5-6H2,(H,17,19). The van der Waals surface area contributed by atoms with Crippen LogP contribution >= 0.6 is 0 Å². The molecule has 0 aromatic heterocycles. The number of aromatic hydroxyl groups is 1. The van der Waals surface area contributed by atoms with Gasteiger partial charge in [-0.1, -0.05) is 12.1 Å². The lowest BCUT2D eigenvalue weighted by Gasteiger charge is -2.18. The average molecular weight is 283 g/mol. The predicted molar refractivity (Wildman–Crippen MR) is 55.8 cm³/mol. The van der Waals surface area contributed by atoms with Gasteiger partial charge >= 0.3 is 12.1 Å². The van der Waals surface area contributed by atoms with Gasteiger partial charge in [0, 0.05) is 6.54 Å². The van der Waals surface area contributed by atoms with Gasteiger partial charge in [-0.2, -0.15) is 22.0 Å². The summed E-state index contributed by atoms with van der Waals surface area (Å²) < 4.78 is 60.6. The van der Waals surface area contributed by atoms with Crippen LogP contribution in [0.5, 0.6) is 5.75 Å². The van der Waals surface area contributed by atoms with E-state index in [2.05, 4.69) is 0 Å². The van der Waals surface area contributed by atoms with Crippen LogP contribution in [0.2, 0.25) is 0 Å². The molecule has 1 amide bonds. The summed E-state index contributed by atoms with van der Waals surface area (Å²) in [4.78, 5) is 10.7. The van der Waals surface area contributed by atoms with Gasteiger partial charge in [0.15, 0.2) is 0 Å². The third-order valence-corrected chi connectivity index (χ3v) is 2.28. The van der Waals surface area contributed by atoms with Gasteiger partial charge < -0.3 is 10.4 Å². The second kappa shape index (κ2) is 5.41. The van der Waals surface area contributed by atoms with Gasteiger partial charge in [-0.25, -0.2) is 0 Å². The lowest BCUT2D eigenvalue weighted by Crippen LogP contribution is -2.50. The molecule has 0 unspecified atom stereocenters. The quantitative estimate of drug-likeness (QED) is 0.833. The Morgan fingerprint density at radius 1 is 1.11 bits per heavy atom. The molecule has 0 aliphatic carbocycles. The second-order valence-electron chi connectivity index (χ2n) is 3.74. The Morgan fingerprint density at radius 2 is 1.63 bits per heavy atom. The van der Waals surface area contributed by atoms with Gasteiger partial charge in [0.25, 0.3) is 5.91 Å². The highest BCUT2D eigenvalue weighted by molar-refractivity contribution is 5.84. The number of phenols is 1. The highest BCUT2D eigenvalue weighted by Gasteiger charge is 2.63. The number of hydrogen-bond acceptors (Lipinski definition) is 2. The minimum atomic E-state index is -5.91. The summed E-state index contributed by atoms with van der Waals surface area (Å²) in [5.74, 6) is -7.78. The molecule has 0 spiro atoms. The van der Waals surface area contributed by atoms with Crippen molar-refractivity contribution in [3.63, 3.8) is 0 Å². The van der Waals surface area contributed by atoms with E-state index in [4.69, 9.17) is 5.11 Å². The van der Waals surface area contributed by atoms with Crippen LogP contribution in [0.3, 0.4) is 0 Å². The van der Waals surface area contributed by atoms with Crippen molar-refractivity contribution < 1.29 is 31.9 Å². The first-order valence-corrected chi connectivity index (χ1v) is 5.15. The molecule has 1 rings (SSSR count).